The van der Waals surface area contributed by atoms with E-state index in [-0.39, 0.29) is 22.7 Å². The Morgan fingerprint density at radius 3 is 2.52 bits per heavy atom. The van der Waals surface area contributed by atoms with Crippen LogP contribution in [-0.2, 0) is 9.53 Å². The average molecular weight is 346 g/mol. The molecule has 0 aromatic rings. The minimum Gasteiger partial charge on any atom is -0.466 e. The summed E-state index contributed by atoms with van der Waals surface area (Å²) in [6, 6.07) is 0. The summed E-state index contributed by atoms with van der Waals surface area (Å²) in [6.07, 6.45) is 8.63. The fourth-order valence-electron chi connectivity index (χ4n) is 6.32. The Hall–Kier alpha value is -1.31. The van der Waals surface area contributed by atoms with Crippen molar-refractivity contribution < 1.29 is 19.7 Å². The summed E-state index contributed by atoms with van der Waals surface area (Å²) in [7, 11) is 1.32. The predicted molar refractivity (Wildman–Crippen MR) is 95.3 cm³/mol. The maximum absolute atomic E-state index is 12.5. The predicted octanol–water partition coefficient (Wildman–Crippen LogP) is 2.68. The molecule has 2 N–H and O–H groups in total. The maximum Gasteiger partial charge on any atom is 0.335 e. The van der Waals surface area contributed by atoms with Gasteiger partial charge in [-0.3, -0.25) is 0 Å². The summed E-state index contributed by atoms with van der Waals surface area (Å²) in [4.78, 5) is 12.5. The second-order valence-electron chi connectivity index (χ2n) is 9.05. The fourth-order valence-corrected chi connectivity index (χ4v) is 6.32. The summed E-state index contributed by atoms with van der Waals surface area (Å²) < 4.78 is 4.96. The standard InChI is InChI=1S/C21H30O4/c1-6-12-14(22)10-13-18(17(12)19(24)25-5)15(23)11-16-20(2,3)8-7-9-21(13,16)4/h1,13-16,18,22-23H,7-11H2,2-5H3/t13-,14+,15-,16-,18-,21+/m0/s1. The van der Waals surface area contributed by atoms with E-state index in [9.17, 15) is 15.0 Å². The number of carbonyl (C=O) groups is 1. The van der Waals surface area contributed by atoms with Crippen molar-refractivity contribution in [2.45, 2.75) is 65.1 Å². The second-order valence-corrected chi connectivity index (χ2v) is 9.05. The van der Waals surface area contributed by atoms with Gasteiger partial charge in [-0.25, -0.2) is 4.79 Å². The lowest BCUT2D eigenvalue weighted by molar-refractivity contribution is -0.156. The molecule has 0 amide bonds. The number of aliphatic hydroxyl groups is 2. The van der Waals surface area contributed by atoms with E-state index in [1.54, 1.807) is 0 Å². The van der Waals surface area contributed by atoms with Crippen LogP contribution in [0.2, 0.25) is 0 Å². The summed E-state index contributed by atoms with van der Waals surface area (Å²) >= 11 is 0. The molecule has 0 saturated heterocycles. The van der Waals surface area contributed by atoms with E-state index < -0.39 is 18.2 Å². The quantitative estimate of drug-likeness (QED) is 0.566. The van der Waals surface area contributed by atoms with Crippen LogP contribution in [0.5, 0.6) is 0 Å². The van der Waals surface area contributed by atoms with Gasteiger partial charge in [-0.1, -0.05) is 33.1 Å². The van der Waals surface area contributed by atoms with Gasteiger partial charge >= 0.3 is 5.97 Å². The van der Waals surface area contributed by atoms with Gasteiger partial charge in [0.15, 0.2) is 0 Å². The Morgan fingerprint density at radius 2 is 1.92 bits per heavy atom. The summed E-state index contributed by atoms with van der Waals surface area (Å²) in [5.74, 6) is 2.02. The molecule has 2 saturated carbocycles. The fraction of sp³-hybridized carbons (Fsp3) is 0.762. The van der Waals surface area contributed by atoms with Gasteiger partial charge in [-0.05, 0) is 48.3 Å². The van der Waals surface area contributed by atoms with E-state index in [0.717, 1.165) is 19.3 Å². The number of esters is 1. The zero-order valence-electron chi connectivity index (χ0n) is 15.7. The number of methoxy groups -OCH3 is 1. The molecule has 0 aromatic heterocycles. The maximum atomic E-state index is 12.5. The first-order chi connectivity index (χ1) is 11.7. The van der Waals surface area contributed by atoms with Gasteiger partial charge < -0.3 is 14.9 Å². The highest BCUT2D eigenvalue weighted by Crippen LogP contribution is 2.64. The first-order valence-electron chi connectivity index (χ1n) is 9.32. The van der Waals surface area contributed by atoms with Crippen LogP contribution in [0.1, 0.15) is 52.9 Å². The van der Waals surface area contributed by atoms with Crippen molar-refractivity contribution >= 4 is 5.97 Å². The Labute approximate surface area is 150 Å². The minimum atomic E-state index is -0.840. The van der Waals surface area contributed by atoms with E-state index in [4.69, 9.17) is 11.2 Å². The number of ether oxygens (including phenoxy) is 1. The molecule has 0 radical (unpaired) electrons. The first-order valence-corrected chi connectivity index (χ1v) is 9.32. The minimum absolute atomic E-state index is 0.0218. The summed E-state index contributed by atoms with van der Waals surface area (Å²) in [5.41, 5.74) is 0.742. The van der Waals surface area contributed by atoms with Crippen molar-refractivity contribution in [3.05, 3.63) is 11.1 Å². The molecule has 0 bridgehead atoms. The van der Waals surface area contributed by atoms with Gasteiger partial charge in [0.05, 0.1) is 24.9 Å². The molecule has 0 aliphatic heterocycles. The number of fused-ring (bicyclic) bond motifs is 3. The first kappa shape index (κ1) is 18.5. The normalized spacial score (nSPS) is 42.8. The molecular formula is C21H30O4. The van der Waals surface area contributed by atoms with Crippen LogP contribution < -0.4 is 0 Å². The van der Waals surface area contributed by atoms with Gasteiger partial charge in [0.25, 0.3) is 0 Å². The van der Waals surface area contributed by atoms with Crippen LogP contribution >= 0.6 is 0 Å². The molecule has 25 heavy (non-hydrogen) atoms. The lowest BCUT2D eigenvalue weighted by Gasteiger charge is -2.62. The van der Waals surface area contributed by atoms with Crippen LogP contribution in [-0.4, -0.2) is 35.5 Å². The van der Waals surface area contributed by atoms with E-state index in [1.165, 1.54) is 7.11 Å². The van der Waals surface area contributed by atoms with Gasteiger partial charge in [0.1, 0.15) is 0 Å². The third kappa shape index (κ3) is 2.64. The molecule has 138 valence electrons. The molecule has 4 heteroatoms. The molecule has 0 spiro atoms. The third-order valence-corrected chi connectivity index (χ3v) is 7.44. The van der Waals surface area contributed by atoms with Gasteiger partial charge in [0.2, 0.25) is 0 Å². The summed E-state index contributed by atoms with van der Waals surface area (Å²) in [5, 5.41) is 21.7. The Bertz CT molecular complexity index is 641. The topological polar surface area (TPSA) is 66.8 Å². The van der Waals surface area contributed by atoms with Crippen molar-refractivity contribution in [2.75, 3.05) is 7.11 Å². The van der Waals surface area contributed by atoms with E-state index >= 15 is 0 Å². The Balaban J connectivity index is 2.13. The van der Waals surface area contributed by atoms with E-state index in [1.807, 2.05) is 0 Å². The van der Waals surface area contributed by atoms with Gasteiger partial charge in [0, 0.05) is 11.5 Å². The molecule has 6 atom stereocenters. The van der Waals surface area contributed by atoms with Crippen LogP contribution in [0.15, 0.2) is 11.1 Å². The van der Waals surface area contributed by atoms with Gasteiger partial charge in [-0.15, -0.1) is 6.42 Å². The van der Waals surface area contributed by atoms with Crippen LogP contribution in [0.3, 0.4) is 0 Å². The SMILES string of the molecule is C#CC1=C(C(=O)OC)[C@@H]2[C@@H](O)C[C@H]3C(C)(C)CCC[C@]3(C)[C@H]2C[C@H]1O. The molecule has 4 nitrogen and oxygen atoms in total. The monoisotopic (exact) mass is 346 g/mol. The van der Waals surface area contributed by atoms with Crippen LogP contribution in [0.4, 0.5) is 0 Å². The van der Waals surface area contributed by atoms with Crippen molar-refractivity contribution in [3.63, 3.8) is 0 Å². The molecule has 2 fully saturated rings. The highest BCUT2D eigenvalue weighted by Gasteiger charge is 2.60. The van der Waals surface area contributed by atoms with Crippen molar-refractivity contribution in [1.82, 2.24) is 0 Å². The zero-order valence-corrected chi connectivity index (χ0v) is 15.7. The highest BCUT2D eigenvalue weighted by atomic mass is 16.5. The smallest absolute Gasteiger partial charge is 0.335 e. The number of rotatable bonds is 1. The molecule has 3 aliphatic carbocycles. The van der Waals surface area contributed by atoms with Crippen LogP contribution in [0, 0.1) is 40.9 Å². The second kappa shape index (κ2) is 6.14. The van der Waals surface area contributed by atoms with Crippen LogP contribution in [0.25, 0.3) is 0 Å². The van der Waals surface area contributed by atoms with E-state index in [0.29, 0.717) is 29.9 Å². The lowest BCUT2D eigenvalue weighted by Crippen LogP contribution is -2.58. The molecule has 0 aromatic carbocycles. The number of terminal acetylenes is 1. The molecule has 3 aliphatic rings. The number of hydrogen-bond acceptors (Lipinski definition) is 4. The third-order valence-electron chi connectivity index (χ3n) is 7.44. The molecule has 3 rings (SSSR count). The van der Waals surface area contributed by atoms with Crippen molar-refractivity contribution in [3.8, 4) is 12.3 Å². The van der Waals surface area contributed by atoms with Gasteiger partial charge in [-0.2, -0.15) is 0 Å². The van der Waals surface area contributed by atoms with Crippen molar-refractivity contribution in [1.29, 1.82) is 0 Å². The Morgan fingerprint density at radius 1 is 1.24 bits per heavy atom. The zero-order chi connectivity index (χ0) is 18.6. The van der Waals surface area contributed by atoms with Crippen molar-refractivity contribution in [2.24, 2.45) is 28.6 Å². The highest BCUT2D eigenvalue weighted by molar-refractivity contribution is 5.91. The Kier molecular flexibility index (Phi) is 4.54. The number of hydrogen-bond donors (Lipinski definition) is 2. The average Bonchev–Trinajstić information content (AvgIpc) is 2.55. The summed E-state index contributed by atoms with van der Waals surface area (Å²) in [6.45, 7) is 6.85. The lowest BCUT2D eigenvalue weighted by atomic mass is 9.43. The largest absolute Gasteiger partial charge is 0.466 e. The molecular weight excluding hydrogens is 316 g/mol. The number of aliphatic hydroxyl groups excluding tert-OH is 2. The number of carbonyl (C=O) groups excluding carboxylic acids is 1. The molecule has 0 unspecified atom stereocenters. The molecule has 0 heterocycles. The van der Waals surface area contributed by atoms with E-state index in [2.05, 4.69) is 26.7 Å².